The number of fused-ring (bicyclic) bond motifs is 2. The molecule has 2 N–H and O–H groups in total. The van der Waals surface area contributed by atoms with Gasteiger partial charge in [-0.3, -0.25) is 19.8 Å². The number of hydrogen-bond acceptors (Lipinski definition) is 5. The molecular weight excluding hydrogens is 397 g/mol. The first-order valence-corrected chi connectivity index (χ1v) is 9.35. The zero-order valence-electron chi connectivity index (χ0n) is 16.3. The zero-order chi connectivity index (χ0) is 20.9. The summed E-state index contributed by atoms with van der Waals surface area (Å²) >= 11 is 6.43. The Morgan fingerprint density at radius 1 is 1.34 bits per heavy atom. The van der Waals surface area contributed by atoms with Crippen LogP contribution in [0.3, 0.4) is 0 Å². The third kappa shape index (κ3) is 3.17. The van der Waals surface area contributed by atoms with Gasteiger partial charge in [-0.15, -0.1) is 0 Å². The fourth-order valence-corrected chi connectivity index (χ4v) is 3.42. The van der Waals surface area contributed by atoms with Crippen molar-refractivity contribution < 1.29 is 9.18 Å². The summed E-state index contributed by atoms with van der Waals surface area (Å²) in [7, 11) is 1.64. The lowest BCUT2D eigenvalue weighted by Crippen LogP contribution is -2.22. The Morgan fingerprint density at radius 3 is 2.79 bits per heavy atom. The molecule has 0 fully saturated rings. The van der Waals surface area contributed by atoms with E-state index in [0.29, 0.717) is 33.6 Å². The number of benzene rings is 1. The van der Waals surface area contributed by atoms with Crippen molar-refractivity contribution in [3.05, 3.63) is 35.6 Å². The third-order valence-electron chi connectivity index (χ3n) is 4.62. The summed E-state index contributed by atoms with van der Waals surface area (Å²) in [6.07, 6.45) is 6.54. The Kier molecular flexibility index (Phi) is 4.62. The maximum absolute atomic E-state index is 15.1. The van der Waals surface area contributed by atoms with Crippen molar-refractivity contribution in [1.82, 2.24) is 24.6 Å². The average Bonchev–Trinajstić information content (AvgIpc) is 3.31. The van der Waals surface area contributed by atoms with Gasteiger partial charge < -0.3 is 9.72 Å². The second-order valence-electron chi connectivity index (χ2n) is 7.05. The first-order chi connectivity index (χ1) is 13.8. The Balaban J connectivity index is 1.91. The predicted molar refractivity (Wildman–Crippen MR) is 111 cm³/mol. The number of aromatic amines is 1. The number of hydrogen-bond donors (Lipinski definition) is 2. The number of amides is 1. The predicted octanol–water partition coefficient (Wildman–Crippen LogP) is 3.87. The number of anilines is 2. The van der Waals surface area contributed by atoms with Crippen molar-refractivity contribution in [3.63, 3.8) is 0 Å². The van der Waals surface area contributed by atoms with Gasteiger partial charge in [0.25, 0.3) is 0 Å². The lowest BCUT2D eigenvalue weighted by molar-refractivity contribution is -0.116. The first-order valence-electron chi connectivity index (χ1n) is 8.98. The van der Waals surface area contributed by atoms with E-state index in [9.17, 15) is 4.79 Å². The molecular formula is C19H19ClFN7O. The second-order valence-corrected chi connectivity index (χ2v) is 7.43. The molecule has 4 aromatic rings. The molecule has 0 unspecified atom stereocenters. The Morgan fingerprint density at radius 2 is 2.10 bits per heavy atom. The molecule has 0 spiro atoms. The normalized spacial score (nSPS) is 11.6. The van der Waals surface area contributed by atoms with Crippen LogP contribution in [0.1, 0.15) is 20.8 Å². The van der Waals surface area contributed by atoms with Crippen LogP contribution in [0.25, 0.3) is 27.8 Å². The average molecular weight is 416 g/mol. The number of halogens is 2. The molecule has 4 rings (SSSR count). The minimum Gasteiger partial charge on any atom is -0.379 e. The molecule has 0 saturated heterocycles. The third-order valence-corrected chi connectivity index (χ3v) is 4.98. The van der Waals surface area contributed by atoms with E-state index >= 15 is 4.39 Å². The number of rotatable bonds is 4. The van der Waals surface area contributed by atoms with Crippen LogP contribution >= 0.6 is 11.6 Å². The smallest absolute Gasteiger partial charge is 0.224 e. The second kappa shape index (κ2) is 7.00. The SMILES string of the molecule is CC(=O)N(C)c1cn2cc(-c3c(Cl)c(F)c(NC(C)C)c4[nH]ncc34)ncc2n1. The van der Waals surface area contributed by atoms with E-state index in [-0.39, 0.29) is 22.7 Å². The minimum atomic E-state index is -0.573. The van der Waals surface area contributed by atoms with Gasteiger partial charge >= 0.3 is 0 Å². The Hall–Kier alpha value is -3.20. The highest BCUT2D eigenvalue weighted by Gasteiger charge is 2.23. The molecule has 29 heavy (non-hydrogen) atoms. The van der Waals surface area contributed by atoms with Gasteiger partial charge in [0.15, 0.2) is 17.3 Å². The van der Waals surface area contributed by atoms with Crippen LogP contribution in [0.5, 0.6) is 0 Å². The van der Waals surface area contributed by atoms with Crippen molar-refractivity contribution in [2.45, 2.75) is 26.8 Å². The molecule has 0 aliphatic heterocycles. The maximum atomic E-state index is 15.1. The van der Waals surface area contributed by atoms with Gasteiger partial charge in [0.2, 0.25) is 5.91 Å². The summed E-state index contributed by atoms with van der Waals surface area (Å²) in [4.78, 5) is 21.8. The molecule has 150 valence electrons. The number of nitrogens with one attached hydrogen (secondary N) is 2. The van der Waals surface area contributed by atoms with Crippen molar-refractivity contribution >= 4 is 45.6 Å². The van der Waals surface area contributed by atoms with Crippen LogP contribution in [0.4, 0.5) is 15.9 Å². The highest BCUT2D eigenvalue weighted by atomic mass is 35.5. The largest absolute Gasteiger partial charge is 0.379 e. The van der Waals surface area contributed by atoms with Crippen LogP contribution < -0.4 is 10.2 Å². The van der Waals surface area contributed by atoms with Crippen molar-refractivity contribution in [2.24, 2.45) is 0 Å². The van der Waals surface area contributed by atoms with Gasteiger partial charge in [-0.05, 0) is 13.8 Å². The van der Waals surface area contributed by atoms with Crippen molar-refractivity contribution in [3.8, 4) is 11.3 Å². The lowest BCUT2D eigenvalue weighted by atomic mass is 10.1. The summed E-state index contributed by atoms with van der Waals surface area (Å²) in [5.74, 6) is -0.227. The van der Waals surface area contributed by atoms with Gasteiger partial charge in [-0.1, -0.05) is 11.6 Å². The van der Waals surface area contributed by atoms with Crippen LogP contribution in [0.15, 0.2) is 24.8 Å². The molecule has 0 atom stereocenters. The van der Waals surface area contributed by atoms with E-state index in [2.05, 4.69) is 25.5 Å². The standard InChI is InChI=1S/C19H19ClFN7O/c1-9(2)24-19-17(21)16(20)15(11-5-23-26-18(11)19)12-7-28-8-14(27(4)10(3)29)25-13(28)6-22-12/h5-9,24H,1-4H3,(H,23,26). The number of carbonyl (C=O) groups is 1. The molecule has 3 heterocycles. The number of H-pyrrole nitrogens is 1. The topological polar surface area (TPSA) is 91.2 Å². The van der Waals surface area contributed by atoms with Gasteiger partial charge in [-0.25, -0.2) is 9.37 Å². The number of carbonyl (C=O) groups excluding carboxylic acids is 1. The highest BCUT2D eigenvalue weighted by molar-refractivity contribution is 6.35. The van der Waals surface area contributed by atoms with E-state index in [1.165, 1.54) is 11.8 Å². The lowest BCUT2D eigenvalue weighted by Gasteiger charge is -2.15. The zero-order valence-corrected chi connectivity index (χ0v) is 17.0. The molecule has 10 heteroatoms. The molecule has 0 radical (unpaired) electrons. The van der Waals surface area contributed by atoms with Crippen LogP contribution in [0, 0.1) is 5.82 Å². The molecule has 1 amide bonds. The monoisotopic (exact) mass is 415 g/mol. The van der Waals surface area contributed by atoms with Gasteiger partial charge in [0.1, 0.15) is 0 Å². The fraction of sp³-hybridized carbons (Fsp3) is 0.263. The van der Waals surface area contributed by atoms with Crippen LogP contribution in [-0.2, 0) is 4.79 Å². The summed E-state index contributed by atoms with van der Waals surface area (Å²) in [6, 6.07) is 0.00928. The summed E-state index contributed by atoms with van der Waals surface area (Å²) in [5, 5.41) is 10.6. The van der Waals surface area contributed by atoms with Crippen molar-refractivity contribution in [2.75, 3.05) is 17.3 Å². The van der Waals surface area contributed by atoms with Gasteiger partial charge in [0, 0.05) is 37.2 Å². The summed E-state index contributed by atoms with van der Waals surface area (Å²) < 4.78 is 16.8. The van der Waals surface area contributed by atoms with E-state index in [4.69, 9.17) is 11.6 Å². The molecule has 0 bridgehead atoms. The number of nitrogens with zero attached hydrogens (tertiary/aromatic N) is 5. The van der Waals surface area contributed by atoms with Gasteiger partial charge in [0.05, 0.1) is 40.5 Å². The maximum Gasteiger partial charge on any atom is 0.224 e. The molecule has 3 aromatic heterocycles. The van der Waals surface area contributed by atoms with Crippen LogP contribution in [0.2, 0.25) is 5.02 Å². The first kappa shape index (κ1) is 19.1. The van der Waals surface area contributed by atoms with E-state index < -0.39 is 5.82 Å². The Labute approximate surface area is 170 Å². The molecule has 0 aliphatic rings. The van der Waals surface area contributed by atoms with Crippen LogP contribution in [-0.4, -0.2) is 43.6 Å². The van der Waals surface area contributed by atoms with E-state index in [0.717, 1.165) is 0 Å². The summed E-state index contributed by atoms with van der Waals surface area (Å²) in [6.45, 7) is 5.28. The van der Waals surface area contributed by atoms with E-state index in [1.807, 2.05) is 13.8 Å². The quantitative estimate of drug-likeness (QED) is 0.528. The fourth-order valence-electron chi connectivity index (χ4n) is 3.13. The number of aromatic nitrogens is 5. The van der Waals surface area contributed by atoms with Crippen molar-refractivity contribution in [1.29, 1.82) is 0 Å². The molecule has 1 aromatic carbocycles. The molecule has 0 saturated carbocycles. The minimum absolute atomic E-state index is 0.00928. The molecule has 8 nitrogen and oxygen atoms in total. The van der Waals surface area contributed by atoms with E-state index in [1.54, 1.807) is 36.2 Å². The van der Waals surface area contributed by atoms with Gasteiger partial charge in [-0.2, -0.15) is 5.10 Å². The highest BCUT2D eigenvalue weighted by Crippen LogP contribution is 2.40. The Bertz CT molecular complexity index is 1250. The molecule has 0 aliphatic carbocycles. The summed E-state index contributed by atoms with van der Waals surface area (Å²) in [5.41, 5.74) is 2.23. The number of imidazole rings is 1.